The minimum atomic E-state index is -0.280. The van der Waals surface area contributed by atoms with Crippen LogP contribution in [0.5, 0.6) is 0 Å². The van der Waals surface area contributed by atoms with Gasteiger partial charge in [-0.2, -0.15) is 0 Å². The second kappa shape index (κ2) is 7.11. The molecule has 0 aliphatic rings. The van der Waals surface area contributed by atoms with Gasteiger partial charge in [-0.25, -0.2) is 4.39 Å². The van der Waals surface area contributed by atoms with Crippen molar-refractivity contribution in [1.29, 1.82) is 0 Å². The highest BCUT2D eigenvalue weighted by atomic mass is 19.1. The minimum absolute atomic E-state index is 0.0640. The lowest BCUT2D eigenvalue weighted by molar-refractivity contribution is 0.0792. The molecule has 0 bridgehead atoms. The van der Waals surface area contributed by atoms with Crippen LogP contribution in [-0.4, -0.2) is 30.9 Å². The number of rotatable bonds is 6. The Hall–Kier alpha value is -1.42. The zero-order valence-electron chi connectivity index (χ0n) is 11.1. The van der Waals surface area contributed by atoms with E-state index in [1.165, 1.54) is 12.1 Å². The summed E-state index contributed by atoms with van der Waals surface area (Å²) in [5.74, 6) is -0.344. The van der Waals surface area contributed by atoms with Crippen LogP contribution in [0.3, 0.4) is 0 Å². The van der Waals surface area contributed by atoms with E-state index in [4.69, 9.17) is 5.73 Å². The van der Waals surface area contributed by atoms with Crippen molar-refractivity contribution < 1.29 is 9.18 Å². The van der Waals surface area contributed by atoms with Gasteiger partial charge in [0.15, 0.2) is 0 Å². The molecule has 0 aromatic heterocycles. The molecule has 0 heterocycles. The number of nitrogens with zero attached hydrogens (tertiary/aromatic N) is 1. The summed E-state index contributed by atoms with van der Waals surface area (Å²) in [4.78, 5) is 13.7. The van der Waals surface area contributed by atoms with E-state index in [2.05, 4.69) is 0 Å². The van der Waals surface area contributed by atoms with Crippen LogP contribution in [0, 0.1) is 12.7 Å². The molecule has 0 saturated heterocycles. The molecule has 0 saturated carbocycles. The second-order valence-corrected chi connectivity index (χ2v) is 4.54. The Labute approximate surface area is 108 Å². The van der Waals surface area contributed by atoms with Crippen LogP contribution in [0.2, 0.25) is 0 Å². The number of aryl methyl sites for hydroxylation is 1. The third kappa shape index (κ3) is 4.11. The number of halogens is 1. The number of carbonyl (C=O) groups excluding carboxylic acids is 1. The number of hydrogen-bond donors (Lipinski definition) is 1. The zero-order valence-corrected chi connectivity index (χ0v) is 11.1. The first kappa shape index (κ1) is 14.6. The summed E-state index contributed by atoms with van der Waals surface area (Å²) in [5.41, 5.74) is 6.45. The number of amides is 1. The summed E-state index contributed by atoms with van der Waals surface area (Å²) in [7, 11) is 1.77. The summed E-state index contributed by atoms with van der Waals surface area (Å²) in [6, 6.07) is 4.46. The molecule has 4 heteroatoms. The Morgan fingerprint density at radius 1 is 1.33 bits per heavy atom. The van der Waals surface area contributed by atoms with Crippen molar-refractivity contribution in [2.24, 2.45) is 5.73 Å². The molecule has 1 aromatic carbocycles. The van der Waals surface area contributed by atoms with E-state index in [0.717, 1.165) is 19.3 Å². The van der Waals surface area contributed by atoms with Gasteiger partial charge in [-0.3, -0.25) is 4.79 Å². The first-order valence-corrected chi connectivity index (χ1v) is 6.28. The zero-order chi connectivity index (χ0) is 13.5. The van der Waals surface area contributed by atoms with E-state index >= 15 is 0 Å². The monoisotopic (exact) mass is 252 g/mol. The fourth-order valence-electron chi connectivity index (χ4n) is 1.77. The number of unbranched alkanes of at least 4 members (excludes halogenated alkanes) is 2. The van der Waals surface area contributed by atoms with Crippen molar-refractivity contribution in [3.8, 4) is 0 Å². The summed E-state index contributed by atoms with van der Waals surface area (Å²) >= 11 is 0. The molecule has 0 aliphatic carbocycles. The highest BCUT2D eigenvalue weighted by molar-refractivity contribution is 5.94. The van der Waals surface area contributed by atoms with Gasteiger partial charge < -0.3 is 10.6 Å². The van der Waals surface area contributed by atoms with Gasteiger partial charge in [-0.15, -0.1) is 0 Å². The summed E-state index contributed by atoms with van der Waals surface area (Å²) in [6.07, 6.45) is 2.95. The fraction of sp³-hybridized carbons (Fsp3) is 0.500. The van der Waals surface area contributed by atoms with Crippen LogP contribution in [0.15, 0.2) is 18.2 Å². The van der Waals surface area contributed by atoms with Crippen LogP contribution in [0.4, 0.5) is 4.39 Å². The average molecular weight is 252 g/mol. The van der Waals surface area contributed by atoms with Crippen LogP contribution < -0.4 is 5.73 Å². The van der Waals surface area contributed by atoms with Crippen LogP contribution in [-0.2, 0) is 0 Å². The highest BCUT2D eigenvalue weighted by Crippen LogP contribution is 2.11. The van der Waals surface area contributed by atoms with Crippen molar-refractivity contribution >= 4 is 5.91 Å². The fourth-order valence-corrected chi connectivity index (χ4v) is 1.77. The van der Waals surface area contributed by atoms with Gasteiger partial charge in [-0.05, 0) is 50.1 Å². The van der Waals surface area contributed by atoms with Gasteiger partial charge in [0, 0.05) is 19.2 Å². The molecule has 0 radical (unpaired) electrons. The Morgan fingerprint density at radius 2 is 2.06 bits per heavy atom. The van der Waals surface area contributed by atoms with Gasteiger partial charge in [0.05, 0.1) is 0 Å². The molecule has 0 fully saturated rings. The lowest BCUT2D eigenvalue weighted by Gasteiger charge is -2.17. The molecular formula is C14H21FN2O. The normalized spacial score (nSPS) is 10.4. The van der Waals surface area contributed by atoms with Gasteiger partial charge in [0.25, 0.3) is 5.91 Å². The van der Waals surface area contributed by atoms with Crippen LogP contribution in [0.1, 0.15) is 35.2 Å². The first-order valence-electron chi connectivity index (χ1n) is 6.28. The summed E-state index contributed by atoms with van der Waals surface area (Å²) in [5, 5.41) is 0. The molecular weight excluding hydrogens is 231 g/mol. The van der Waals surface area contributed by atoms with E-state index in [0.29, 0.717) is 24.2 Å². The number of nitrogens with two attached hydrogens (primary N) is 1. The molecule has 1 rings (SSSR count). The smallest absolute Gasteiger partial charge is 0.253 e. The molecule has 0 atom stereocenters. The molecule has 0 aliphatic heterocycles. The standard InChI is InChI=1S/C14H21FN2O/c1-11-10-12(6-7-13(11)15)14(18)17(2)9-5-3-4-8-16/h6-7,10H,3-5,8-9,16H2,1-2H3. The first-order chi connectivity index (χ1) is 8.56. The minimum Gasteiger partial charge on any atom is -0.342 e. The van der Waals surface area contributed by atoms with Gasteiger partial charge >= 0.3 is 0 Å². The number of hydrogen-bond acceptors (Lipinski definition) is 2. The highest BCUT2D eigenvalue weighted by Gasteiger charge is 2.12. The van der Waals surface area contributed by atoms with E-state index in [-0.39, 0.29) is 11.7 Å². The third-order valence-electron chi connectivity index (χ3n) is 2.95. The lowest BCUT2D eigenvalue weighted by Crippen LogP contribution is -2.27. The number of carbonyl (C=O) groups is 1. The lowest BCUT2D eigenvalue weighted by atomic mass is 10.1. The van der Waals surface area contributed by atoms with Crippen molar-refractivity contribution in [2.45, 2.75) is 26.2 Å². The maximum absolute atomic E-state index is 13.1. The Bertz CT molecular complexity index is 407. The predicted molar refractivity (Wildman–Crippen MR) is 71.0 cm³/mol. The quantitative estimate of drug-likeness (QED) is 0.790. The largest absolute Gasteiger partial charge is 0.342 e. The van der Waals surface area contributed by atoms with Crippen molar-refractivity contribution in [3.63, 3.8) is 0 Å². The van der Waals surface area contributed by atoms with Crippen molar-refractivity contribution in [2.75, 3.05) is 20.1 Å². The molecule has 1 amide bonds. The SMILES string of the molecule is Cc1cc(C(=O)N(C)CCCCCN)ccc1F. The van der Waals surface area contributed by atoms with Gasteiger partial charge in [0.1, 0.15) is 5.82 Å². The van der Waals surface area contributed by atoms with Crippen LogP contribution in [0.25, 0.3) is 0 Å². The molecule has 2 N–H and O–H groups in total. The van der Waals surface area contributed by atoms with E-state index in [1.807, 2.05) is 0 Å². The molecule has 0 unspecified atom stereocenters. The van der Waals surface area contributed by atoms with E-state index in [1.54, 1.807) is 24.9 Å². The molecule has 0 spiro atoms. The topological polar surface area (TPSA) is 46.3 Å². The van der Waals surface area contributed by atoms with Gasteiger partial charge in [-0.1, -0.05) is 6.42 Å². The second-order valence-electron chi connectivity index (χ2n) is 4.54. The van der Waals surface area contributed by atoms with Gasteiger partial charge in [0.2, 0.25) is 0 Å². The predicted octanol–water partition coefficient (Wildman–Crippen LogP) is 2.34. The van der Waals surface area contributed by atoms with Crippen molar-refractivity contribution in [3.05, 3.63) is 35.1 Å². The van der Waals surface area contributed by atoms with E-state index < -0.39 is 0 Å². The van der Waals surface area contributed by atoms with E-state index in [9.17, 15) is 9.18 Å². The van der Waals surface area contributed by atoms with Crippen molar-refractivity contribution in [1.82, 2.24) is 4.90 Å². The Kier molecular flexibility index (Phi) is 5.78. The van der Waals surface area contributed by atoms with Crippen LogP contribution >= 0.6 is 0 Å². The third-order valence-corrected chi connectivity index (χ3v) is 2.95. The maximum Gasteiger partial charge on any atom is 0.253 e. The summed E-state index contributed by atoms with van der Waals surface area (Å²) in [6.45, 7) is 3.05. The molecule has 100 valence electrons. The molecule has 1 aromatic rings. The summed E-state index contributed by atoms with van der Waals surface area (Å²) < 4.78 is 13.1. The molecule has 18 heavy (non-hydrogen) atoms. The molecule has 3 nitrogen and oxygen atoms in total. The average Bonchev–Trinajstić information content (AvgIpc) is 2.37. The Balaban J connectivity index is 2.54. The Morgan fingerprint density at radius 3 is 2.67 bits per heavy atom. The maximum atomic E-state index is 13.1. The number of benzene rings is 1.